The molecule has 0 amide bonds. The Morgan fingerprint density at radius 2 is 1.94 bits per heavy atom. The Hall–Kier alpha value is -2.29. The minimum atomic E-state index is 0.792. The summed E-state index contributed by atoms with van der Waals surface area (Å²) in [6.45, 7) is 0. The van der Waals surface area contributed by atoms with E-state index in [1.54, 1.807) is 6.20 Å². The van der Waals surface area contributed by atoms with E-state index in [1.807, 2.05) is 42.5 Å². The maximum absolute atomic E-state index is 4.26. The molecule has 0 N–H and O–H groups in total. The topological polar surface area (TPSA) is 38.7 Å². The van der Waals surface area contributed by atoms with Crippen molar-refractivity contribution in [2.75, 3.05) is 0 Å². The second-order valence-electron chi connectivity index (χ2n) is 3.45. The van der Waals surface area contributed by atoms with Crippen LogP contribution in [0.25, 0.3) is 22.2 Å². The molecular formula is C13H8N3. The Morgan fingerprint density at radius 1 is 1.00 bits per heavy atom. The molecule has 3 aromatic rings. The number of aromatic nitrogens is 3. The van der Waals surface area contributed by atoms with E-state index in [0.29, 0.717) is 0 Å². The molecule has 0 saturated heterocycles. The molecule has 3 nitrogen and oxygen atoms in total. The van der Waals surface area contributed by atoms with Crippen molar-refractivity contribution in [1.82, 2.24) is 15.2 Å². The van der Waals surface area contributed by atoms with Crippen molar-refractivity contribution in [3.8, 4) is 11.3 Å². The van der Waals surface area contributed by atoms with Gasteiger partial charge in [0.25, 0.3) is 0 Å². The van der Waals surface area contributed by atoms with Crippen LogP contribution in [0.3, 0.4) is 0 Å². The highest BCUT2D eigenvalue weighted by Gasteiger charge is 2.01. The fourth-order valence-electron chi connectivity index (χ4n) is 1.60. The van der Waals surface area contributed by atoms with Gasteiger partial charge < -0.3 is 0 Å². The van der Waals surface area contributed by atoms with E-state index < -0.39 is 0 Å². The zero-order valence-electron chi connectivity index (χ0n) is 8.46. The Labute approximate surface area is 92.8 Å². The monoisotopic (exact) mass is 206 g/mol. The van der Waals surface area contributed by atoms with Crippen molar-refractivity contribution in [2.24, 2.45) is 0 Å². The molecule has 75 valence electrons. The number of benzene rings is 1. The molecule has 0 unspecified atom stereocenters. The van der Waals surface area contributed by atoms with Crippen molar-refractivity contribution in [2.45, 2.75) is 0 Å². The van der Waals surface area contributed by atoms with Gasteiger partial charge in [-0.05, 0) is 24.3 Å². The smallest absolute Gasteiger partial charge is 0.0995 e. The van der Waals surface area contributed by atoms with Crippen LogP contribution in [-0.2, 0) is 0 Å². The van der Waals surface area contributed by atoms with Crippen LogP contribution in [0.5, 0.6) is 0 Å². The van der Waals surface area contributed by atoms with E-state index in [-0.39, 0.29) is 0 Å². The third-order valence-electron chi connectivity index (χ3n) is 2.38. The van der Waals surface area contributed by atoms with Crippen LogP contribution in [0.2, 0.25) is 0 Å². The summed E-state index contributed by atoms with van der Waals surface area (Å²) in [5, 5.41) is 8.96. The highest BCUT2D eigenvalue weighted by molar-refractivity contribution is 5.82. The molecule has 3 heteroatoms. The molecule has 0 fully saturated rings. The lowest BCUT2D eigenvalue weighted by molar-refractivity contribution is 1.04. The third-order valence-corrected chi connectivity index (χ3v) is 2.38. The number of nitrogens with zero attached hydrogens (tertiary/aromatic N) is 3. The summed E-state index contributed by atoms with van der Waals surface area (Å²) in [5.74, 6) is 0. The van der Waals surface area contributed by atoms with Crippen LogP contribution in [0, 0.1) is 6.20 Å². The zero-order chi connectivity index (χ0) is 10.8. The first kappa shape index (κ1) is 8.97. The third kappa shape index (κ3) is 1.52. The maximum atomic E-state index is 4.26. The molecule has 2 aromatic heterocycles. The lowest BCUT2D eigenvalue weighted by Gasteiger charge is -2.00. The van der Waals surface area contributed by atoms with Crippen LogP contribution < -0.4 is 0 Å². The molecule has 0 aliphatic heterocycles. The number of rotatable bonds is 1. The summed E-state index contributed by atoms with van der Waals surface area (Å²) < 4.78 is 0. The SMILES string of the molecule is [c]1nc2ccccc2cc1-c1cccnn1. The summed E-state index contributed by atoms with van der Waals surface area (Å²) in [6.07, 6.45) is 4.63. The molecule has 3 rings (SSSR count). The van der Waals surface area contributed by atoms with E-state index in [9.17, 15) is 0 Å². The standard InChI is InChI=1S/C13H8N3/c1-2-5-12-10(4-1)8-11(9-14-12)13-6-3-7-15-16-13/h1-8H. The van der Waals surface area contributed by atoms with Gasteiger partial charge in [-0.2, -0.15) is 10.2 Å². The van der Waals surface area contributed by atoms with Crippen LogP contribution in [0.1, 0.15) is 0 Å². The lowest BCUT2D eigenvalue weighted by Crippen LogP contribution is -1.87. The zero-order valence-corrected chi connectivity index (χ0v) is 8.46. The number of pyridine rings is 1. The van der Waals surface area contributed by atoms with E-state index in [1.165, 1.54) is 0 Å². The average Bonchev–Trinajstić information content (AvgIpc) is 2.39. The van der Waals surface area contributed by atoms with Gasteiger partial charge in [-0.3, -0.25) is 0 Å². The largest absolute Gasteiger partial charge is 0.245 e. The van der Waals surface area contributed by atoms with Gasteiger partial charge >= 0.3 is 0 Å². The molecule has 0 aliphatic carbocycles. The summed E-state index contributed by atoms with van der Waals surface area (Å²) >= 11 is 0. The van der Waals surface area contributed by atoms with Crippen LogP contribution in [-0.4, -0.2) is 15.2 Å². The van der Waals surface area contributed by atoms with Gasteiger partial charge in [-0.25, -0.2) is 4.98 Å². The molecule has 0 bridgehead atoms. The summed E-state index contributed by atoms with van der Waals surface area (Å²) in [7, 11) is 0. The molecule has 1 radical (unpaired) electrons. The van der Waals surface area contributed by atoms with E-state index >= 15 is 0 Å². The van der Waals surface area contributed by atoms with Crippen molar-refractivity contribution < 1.29 is 0 Å². The lowest BCUT2D eigenvalue weighted by atomic mass is 10.1. The predicted molar refractivity (Wildman–Crippen MR) is 61.6 cm³/mol. The van der Waals surface area contributed by atoms with Crippen LogP contribution in [0.4, 0.5) is 0 Å². The van der Waals surface area contributed by atoms with Gasteiger partial charge in [-0.15, -0.1) is 0 Å². The van der Waals surface area contributed by atoms with E-state index in [4.69, 9.17) is 0 Å². The van der Waals surface area contributed by atoms with Crippen molar-refractivity contribution >= 4 is 10.9 Å². The minimum Gasteiger partial charge on any atom is -0.245 e. The molecule has 16 heavy (non-hydrogen) atoms. The Kier molecular flexibility index (Phi) is 2.07. The quantitative estimate of drug-likeness (QED) is 0.614. The summed E-state index contributed by atoms with van der Waals surface area (Å²) in [6, 6.07) is 13.7. The minimum absolute atomic E-state index is 0.792. The number of fused-ring (bicyclic) bond motifs is 1. The van der Waals surface area contributed by atoms with Gasteiger partial charge in [0.1, 0.15) is 0 Å². The Balaban J connectivity index is 2.19. The van der Waals surface area contributed by atoms with Gasteiger partial charge in [0.15, 0.2) is 0 Å². The molecule has 0 atom stereocenters. The number of hydrogen-bond acceptors (Lipinski definition) is 3. The Bertz CT molecular complexity index is 620. The van der Waals surface area contributed by atoms with Crippen LogP contribution in [0.15, 0.2) is 48.7 Å². The van der Waals surface area contributed by atoms with Crippen molar-refractivity contribution in [1.29, 1.82) is 0 Å². The fraction of sp³-hybridized carbons (Fsp3) is 0. The van der Waals surface area contributed by atoms with Crippen molar-refractivity contribution in [3.63, 3.8) is 0 Å². The maximum Gasteiger partial charge on any atom is 0.0995 e. The Morgan fingerprint density at radius 3 is 2.81 bits per heavy atom. The number of hydrogen-bond donors (Lipinski definition) is 0. The van der Waals surface area contributed by atoms with Gasteiger partial charge in [0.05, 0.1) is 17.4 Å². The highest BCUT2D eigenvalue weighted by Crippen LogP contribution is 2.19. The van der Waals surface area contributed by atoms with Gasteiger partial charge in [0.2, 0.25) is 0 Å². The van der Waals surface area contributed by atoms with E-state index in [0.717, 1.165) is 22.2 Å². The molecule has 2 heterocycles. The number of para-hydroxylation sites is 1. The molecule has 0 spiro atoms. The van der Waals surface area contributed by atoms with Gasteiger partial charge in [0, 0.05) is 17.1 Å². The summed E-state index contributed by atoms with van der Waals surface area (Å²) in [5.41, 5.74) is 2.60. The fourth-order valence-corrected chi connectivity index (χ4v) is 1.60. The molecule has 1 aromatic carbocycles. The molecule has 0 aliphatic rings. The second-order valence-corrected chi connectivity index (χ2v) is 3.45. The molecule has 0 saturated carbocycles. The summed E-state index contributed by atoms with van der Waals surface area (Å²) in [4.78, 5) is 4.26. The van der Waals surface area contributed by atoms with E-state index in [2.05, 4.69) is 21.4 Å². The first-order valence-corrected chi connectivity index (χ1v) is 4.99. The van der Waals surface area contributed by atoms with Crippen LogP contribution >= 0.6 is 0 Å². The normalized spacial score (nSPS) is 10.5. The van der Waals surface area contributed by atoms with Gasteiger partial charge in [-0.1, -0.05) is 18.2 Å². The predicted octanol–water partition coefficient (Wildman–Crippen LogP) is 2.49. The highest BCUT2D eigenvalue weighted by atomic mass is 15.1. The molecular weight excluding hydrogens is 198 g/mol. The first-order valence-electron chi connectivity index (χ1n) is 4.99. The average molecular weight is 206 g/mol. The second kappa shape index (κ2) is 3.70. The van der Waals surface area contributed by atoms with Crippen molar-refractivity contribution in [3.05, 3.63) is 54.9 Å². The first-order chi connectivity index (χ1) is 7.93.